The van der Waals surface area contributed by atoms with Crippen molar-refractivity contribution in [3.05, 3.63) is 69.7 Å². The zero-order chi connectivity index (χ0) is 17.1. The Morgan fingerprint density at radius 3 is 2.25 bits per heavy atom. The fourth-order valence-corrected chi connectivity index (χ4v) is 2.97. The van der Waals surface area contributed by atoms with Gasteiger partial charge in [-0.2, -0.15) is 0 Å². The van der Waals surface area contributed by atoms with Crippen LogP contribution in [-0.2, 0) is 14.4 Å². The number of carbonyl (C=O) groups is 1. The van der Waals surface area contributed by atoms with Crippen LogP contribution in [0.5, 0.6) is 0 Å². The van der Waals surface area contributed by atoms with Crippen molar-refractivity contribution in [1.29, 1.82) is 0 Å². The van der Waals surface area contributed by atoms with E-state index in [0.29, 0.717) is 10.0 Å². The Bertz CT molecular complexity index is 757. The Morgan fingerprint density at radius 2 is 1.67 bits per heavy atom. The third kappa shape index (κ3) is 3.55. The molecule has 1 heterocycles. The summed E-state index contributed by atoms with van der Waals surface area (Å²) in [6.45, 7) is 0. The topological polar surface area (TPSA) is 47.9 Å². The molecule has 1 aliphatic rings. The summed E-state index contributed by atoms with van der Waals surface area (Å²) < 4.78 is 4.76. The summed E-state index contributed by atoms with van der Waals surface area (Å²) in [6, 6.07) is 14.8. The summed E-state index contributed by atoms with van der Waals surface area (Å²) in [4.78, 5) is 17.2. The maximum atomic E-state index is 11.7. The Labute approximate surface area is 150 Å². The lowest BCUT2D eigenvalue weighted by Gasteiger charge is -2.19. The molecular formula is C18H15Cl2NO3. The molecule has 2 aromatic carbocycles. The summed E-state index contributed by atoms with van der Waals surface area (Å²) in [7, 11) is 1.36. The van der Waals surface area contributed by atoms with Crippen molar-refractivity contribution < 1.29 is 14.4 Å². The third-order valence-electron chi connectivity index (χ3n) is 3.92. The maximum absolute atomic E-state index is 11.7. The molecule has 4 nitrogen and oxygen atoms in total. The zero-order valence-electron chi connectivity index (χ0n) is 12.9. The minimum Gasteiger partial charge on any atom is -0.469 e. The van der Waals surface area contributed by atoms with Crippen molar-refractivity contribution in [2.24, 2.45) is 5.16 Å². The van der Waals surface area contributed by atoms with Crippen molar-refractivity contribution in [3.8, 4) is 0 Å². The van der Waals surface area contributed by atoms with Crippen LogP contribution in [0.3, 0.4) is 0 Å². The largest absolute Gasteiger partial charge is 0.469 e. The number of methoxy groups -OCH3 is 1. The minimum absolute atomic E-state index is 0.115. The molecule has 0 saturated heterocycles. The van der Waals surface area contributed by atoms with Gasteiger partial charge >= 0.3 is 5.97 Å². The van der Waals surface area contributed by atoms with E-state index in [4.69, 9.17) is 32.8 Å². The third-order valence-corrected chi connectivity index (χ3v) is 4.42. The Balaban J connectivity index is 1.96. The molecule has 0 spiro atoms. The first-order valence-corrected chi connectivity index (χ1v) is 8.16. The quantitative estimate of drug-likeness (QED) is 0.754. The van der Waals surface area contributed by atoms with Crippen molar-refractivity contribution in [2.45, 2.75) is 18.4 Å². The van der Waals surface area contributed by atoms with Gasteiger partial charge in [-0.05, 0) is 29.8 Å². The Hall–Kier alpha value is -2.04. The van der Waals surface area contributed by atoms with Crippen LogP contribution >= 0.6 is 23.2 Å². The van der Waals surface area contributed by atoms with Crippen molar-refractivity contribution in [1.82, 2.24) is 0 Å². The summed E-state index contributed by atoms with van der Waals surface area (Å²) in [5.74, 6) is -0.533. The van der Waals surface area contributed by atoms with Gasteiger partial charge in [0.05, 0.1) is 25.2 Å². The van der Waals surface area contributed by atoms with Crippen LogP contribution in [0.15, 0.2) is 53.7 Å². The van der Waals surface area contributed by atoms with E-state index in [1.807, 2.05) is 36.4 Å². The maximum Gasteiger partial charge on any atom is 0.309 e. The first-order valence-electron chi connectivity index (χ1n) is 7.40. The van der Waals surface area contributed by atoms with E-state index in [-0.39, 0.29) is 18.3 Å². The number of benzene rings is 2. The van der Waals surface area contributed by atoms with E-state index in [9.17, 15) is 4.79 Å². The predicted molar refractivity (Wildman–Crippen MR) is 93.7 cm³/mol. The average Bonchev–Trinajstić information content (AvgIpc) is 2.99. The smallest absolute Gasteiger partial charge is 0.309 e. The Kier molecular flexibility index (Phi) is 5.07. The SMILES string of the molecule is COC(=O)CC1ON=C(c2ccc(Cl)cc2)C1c1ccc(Cl)cc1. The number of nitrogens with zero attached hydrogens (tertiary/aromatic N) is 1. The number of carbonyl (C=O) groups excluding carboxylic acids is 1. The molecule has 0 aliphatic carbocycles. The average molecular weight is 364 g/mol. The molecule has 6 heteroatoms. The van der Waals surface area contributed by atoms with E-state index < -0.39 is 6.10 Å². The Morgan fingerprint density at radius 1 is 1.08 bits per heavy atom. The molecule has 0 bridgehead atoms. The normalized spacial score (nSPS) is 19.5. The standard InChI is InChI=1S/C18H15Cl2NO3/c1-23-16(22)10-15-17(11-2-6-13(19)7-3-11)18(21-24-15)12-4-8-14(20)9-5-12/h2-9,15,17H,10H2,1H3. The molecule has 1 aliphatic heterocycles. The van der Waals surface area contributed by atoms with Crippen LogP contribution in [-0.4, -0.2) is 24.9 Å². The van der Waals surface area contributed by atoms with Crippen LogP contribution in [0.25, 0.3) is 0 Å². The lowest BCUT2D eigenvalue weighted by molar-refractivity contribution is -0.143. The molecule has 3 rings (SSSR count). The van der Waals surface area contributed by atoms with E-state index in [0.717, 1.165) is 16.8 Å². The van der Waals surface area contributed by atoms with Gasteiger partial charge in [-0.25, -0.2) is 0 Å². The second-order valence-corrected chi connectivity index (χ2v) is 6.31. The summed E-state index contributed by atoms with van der Waals surface area (Å²) in [6.07, 6.45) is -0.311. The number of ether oxygens (including phenoxy) is 1. The molecular weight excluding hydrogens is 349 g/mol. The second-order valence-electron chi connectivity index (χ2n) is 5.44. The molecule has 0 amide bonds. The van der Waals surface area contributed by atoms with Gasteiger partial charge in [0.15, 0.2) is 6.10 Å². The summed E-state index contributed by atoms with van der Waals surface area (Å²) >= 11 is 11.9. The number of rotatable bonds is 4. The molecule has 0 aromatic heterocycles. The number of halogens is 2. The van der Waals surface area contributed by atoms with Gasteiger partial charge in [0.1, 0.15) is 0 Å². The summed E-state index contributed by atoms with van der Waals surface area (Å²) in [5.41, 5.74) is 2.62. The van der Waals surface area contributed by atoms with Crippen LogP contribution < -0.4 is 0 Å². The molecule has 0 fully saturated rings. The molecule has 2 atom stereocenters. The van der Waals surface area contributed by atoms with Gasteiger partial charge in [0.2, 0.25) is 0 Å². The number of hydrogen-bond acceptors (Lipinski definition) is 4. The molecule has 0 saturated carbocycles. The van der Waals surface area contributed by atoms with Gasteiger partial charge in [-0.1, -0.05) is 52.6 Å². The summed E-state index contributed by atoms with van der Waals surface area (Å²) in [5, 5.41) is 5.51. The van der Waals surface area contributed by atoms with Gasteiger partial charge in [0.25, 0.3) is 0 Å². The molecule has 2 aromatic rings. The second kappa shape index (κ2) is 7.24. The van der Waals surface area contributed by atoms with Gasteiger partial charge < -0.3 is 9.57 Å². The molecule has 24 heavy (non-hydrogen) atoms. The van der Waals surface area contributed by atoms with E-state index in [1.54, 1.807) is 12.1 Å². The highest BCUT2D eigenvalue weighted by molar-refractivity contribution is 6.31. The van der Waals surface area contributed by atoms with E-state index in [1.165, 1.54) is 7.11 Å². The van der Waals surface area contributed by atoms with Crippen LogP contribution in [0.4, 0.5) is 0 Å². The van der Waals surface area contributed by atoms with Crippen molar-refractivity contribution >= 4 is 34.9 Å². The van der Waals surface area contributed by atoms with Gasteiger partial charge in [0, 0.05) is 15.6 Å². The van der Waals surface area contributed by atoms with Crippen LogP contribution in [0.1, 0.15) is 23.5 Å². The van der Waals surface area contributed by atoms with Crippen molar-refractivity contribution in [2.75, 3.05) is 7.11 Å². The highest BCUT2D eigenvalue weighted by atomic mass is 35.5. The van der Waals surface area contributed by atoms with Crippen molar-refractivity contribution in [3.63, 3.8) is 0 Å². The number of hydrogen-bond donors (Lipinski definition) is 0. The predicted octanol–water partition coefficient (Wildman–Crippen LogP) is 4.44. The minimum atomic E-state index is -0.427. The molecule has 2 unspecified atom stereocenters. The lowest BCUT2D eigenvalue weighted by Crippen LogP contribution is -2.25. The molecule has 0 N–H and O–H groups in total. The lowest BCUT2D eigenvalue weighted by atomic mass is 9.85. The molecule has 0 radical (unpaired) electrons. The fourth-order valence-electron chi connectivity index (χ4n) is 2.72. The first-order chi connectivity index (χ1) is 11.6. The van der Waals surface area contributed by atoms with Gasteiger partial charge in [-0.15, -0.1) is 0 Å². The monoisotopic (exact) mass is 363 g/mol. The van der Waals surface area contributed by atoms with E-state index in [2.05, 4.69) is 5.16 Å². The van der Waals surface area contributed by atoms with Crippen LogP contribution in [0, 0.1) is 0 Å². The number of oxime groups is 1. The first kappa shape index (κ1) is 16.8. The number of esters is 1. The van der Waals surface area contributed by atoms with Gasteiger partial charge in [-0.3, -0.25) is 4.79 Å². The van der Waals surface area contributed by atoms with E-state index >= 15 is 0 Å². The van der Waals surface area contributed by atoms with Crippen LogP contribution in [0.2, 0.25) is 10.0 Å². The highest BCUT2D eigenvalue weighted by Crippen LogP contribution is 2.35. The zero-order valence-corrected chi connectivity index (χ0v) is 14.4. The fraction of sp³-hybridized carbons (Fsp3) is 0.222. The molecule has 124 valence electrons. The highest BCUT2D eigenvalue weighted by Gasteiger charge is 2.37.